The molecule has 0 radical (unpaired) electrons. The van der Waals surface area contributed by atoms with Crippen molar-refractivity contribution in [1.29, 1.82) is 0 Å². The summed E-state index contributed by atoms with van der Waals surface area (Å²) in [6.07, 6.45) is 2.58. The first-order chi connectivity index (χ1) is 13.0. The molecule has 0 aliphatic heterocycles. The Labute approximate surface area is 163 Å². The largest absolute Gasteiger partial charge is 0.457 e. The predicted molar refractivity (Wildman–Crippen MR) is 110 cm³/mol. The van der Waals surface area contributed by atoms with Gasteiger partial charge in [-0.15, -0.1) is 11.8 Å². The number of carbonyl (C=O) groups is 2. The smallest absolute Gasteiger partial charge is 0.316 e. The average molecular weight is 381 g/mol. The zero-order valence-corrected chi connectivity index (χ0v) is 16.6. The molecule has 0 saturated heterocycles. The number of rotatable bonds is 7. The lowest BCUT2D eigenvalue weighted by Gasteiger charge is -2.06. The van der Waals surface area contributed by atoms with Crippen molar-refractivity contribution in [3.8, 4) is 0 Å². The van der Waals surface area contributed by atoms with Crippen LogP contribution in [0.15, 0.2) is 47.5 Å². The molecule has 4 nitrogen and oxygen atoms in total. The van der Waals surface area contributed by atoms with Crippen LogP contribution in [0.25, 0.3) is 10.9 Å². The van der Waals surface area contributed by atoms with E-state index in [0.29, 0.717) is 5.56 Å². The number of aromatic amines is 1. The van der Waals surface area contributed by atoms with Gasteiger partial charge in [0.1, 0.15) is 0 Å². The van der Waals surface area contributed by atoms with Crippen molar-refractivity contribution in [2.75, 3.05) is 12.4 Å². The first kappa shape index (κ1) is 19.2. The summed E-state index contributed by atoms with van der Waals surface area (Å²) in [7, 11) is 0. The standard InChI is InChI=1S/C22H23NO3S/c1-4-16-6-5-7-18-19(11-23-22(16)18)20(24)12-26-21(25)13-27-17-9-8-14(2)15(3)10-17/h5-11,23H,4,12-13H2,1-3H3. The minimum absolute atomic E-state index is 0.184. The number of Topliss-reactive ketones (excluding diaryl/α,β-unsaturated/α-hetero) is 1. The molecular formula is C22H23NO3S. The van der Waals surface area contributed by atoms with Gasteiger partial charge in [-0.2, -0.15) is 0 Å². The second-order valence-electron chi connectivity index (χ2n) is 6.51. The highest BCUT2D eigenvalue weighted by molar-refractivity contribution is 8.00. The van der Waals surface area contributed by atoms with Gasteiger partial charge in [-0.1, -0.05) is 31.2 Å². The summed E-state index contributed by atoms with van der Waals surface area (Å²) in [6.45, 7) is 5.93. The molecule has 0 fully saturated rings. The molecule has 1 heterocycles. The highest BCUT2D eigenvalue weighted by atomic mass is 32.2. The normalized spacial score (nSPS) is 10.9. The van der Waals surface area contributed by atoms with Crippen LogP contribution in [-0.2, 0) is 16.0 Å². The maximum Gasteiger partial charge on any atom is 0.316 e. The lowest BCUT2D eigenvalue weighted by Crippen LogP contribution is -2.15. The monoisotopic (exact) mass is 381 g/mol. The summed E-state index contributed by atoms with van der Waals surface area (Å²) in [4.78, 5) is 28.7. The molecule has 0 bridgehead atoms. The number of aryl methyl sites for hydroxylation is 3. The first-order valence-corrected chi connectivity index (χ1v) is 9.96. The highest BCUT2D eigenvalue weighted by Crippen LogP contribution is 2.23. The number of ketones is 1. The summed E-state index contributed by atoms with van der Waals surface area (Å²) in [5, 5.41) is 0.875. The van der Waals surface area contributed by atoms with E-state index in [1.165, 1.54) is 22.9 Å². The van der Waals surface area contributed by atoms with Crippen LogP contribution in [0.2, 0.25) is 0 Å². The lowest BCUT2D eigenvalue weighted by atomic mass is 10.1. The van der Waals surface area contributed by atoms with Gasteiger partial charge in [-0.25, -0.2) is 0 Å². The van der Waals surface area contributed by atoms with Gasteiger partial charge in [-0.05, 0) is 49.1 Å². The summed E-state index contributed by atoms with van der Waals surface area (Å²) in [6, 6.07) is 12.0. The van der Waals surface area contributed by atoms with Gasteiger partial charge >= 0.3 is 5.97 Å². The van der Waals surface area contributed by atoms with E-state index in [2.05, 4.69) is 24.9 Å². The molecular weight excluding hydrogens is 358 g/mol. The number of nitrogens with one attached hydrogen (secondary N) is 1. The zero-order chi connectivity index (χ0) is 19.4. The molecule has 0 unspecified atom stereocenters. The van der Waals surface area contributed by atoms with Crippen molar-refractivity contribution < 1.29 is 14.3 Å². The molecule has 140 valence electrons. The minimum atomic E-state index is -0.388. The van der Waals surface area contributed by atoms with Crippen molar-refractivity contribution in [3.63, 3.8) is 0 Å². The molecule has 0 spiro atoms. The molecule has 3 aromatic rings. The maximum absolute atomic E-state index is 12.5. The van der Waals surface area contributed by atoms with Crippen LogP contribution in [-0.4, -0.2) is 29.1 Å². The molecule has 1 aromatic heterocycles. The Morgan fingerprint density at radius 3 is 2.67 bits per heavy atom. The van der Waals surface area contributed by atoms with Gasteiger partial charge in [0.25, 0.3) is 0 Å². The van der Waals surface area contributed by atoms with Crippen LogP contribution in [0, 0.1) is 13.8 Å². The Morgan fingerprint density at radius 1 is 1.11 bits per heavy atom. The van der Waals surface area contributed by atoms with Crippen LogP contribution < -0.4 is 0 Å². The number of hydrogen-bond acceptors (Lipinski definition) is 4. The molecule has 3 rings (SSSR count). The maximum atomic E-state index is 12.5. The number of fused-ring (bicyclic) bond motifs is 1. The Hall–Kier alpha value is -2.53. The van der Waals surface area contributed by atoms with Crippen LogP contribution in [0.4, 0.5) is 0 Å². The third-order valence-corrected chi connectivity index (χ3v) is 5.65. The van der Waals surface area contributed by atoms with Crippen LogP contribution in [0.3, 0.4) is 0 Å². The fourth-order valence-electron chi connectivity index (χ4n) is 2.95. The van der Waals surface area contributed by atoms with Crippen LogP contribution >= 0.6 is 11.8 Å². The van der Waals surface area contributed by atoms with Gasteiger partial charge in [0.2, 0.25) is 5.78 Å². The van der Waals surface area contributed by atoms with Crippen LogP contribution in [0.1, 0.15) is 34.0 Å². The van der Waals surface area contributed by atoms with Gasteiger partial charge in [0, 0.05) is 27.6 Å². The SMILES string of the molecule is CCc1cccc2c(C(=O)COC(=O)CSc3ccc(C)c(C)c3)c[nH]c12. The second-order valence-corrected chi connectivity index (χ2v) is 7.56. The second kappa shape index (κ2) is 8.44. The van der Waals surface area contributed by atoms with Crippen molar-refractivity contribution in [2.24, 2.45) is 0 Å². The third kappa shape index (κ3) is 4.42. The Morgan fingerprint density at radius 2 is 1.93 bits per heavy atom. The fourth-order valence-corrected chi connectivity index (χ4v) is 3.75. The van der Waals surface area contributed by atoms with Gasteiger partial charge in [0.05, 0.1) is 5.75 Å². The molecule has 0 amide bonds. The van der Waals surface area contributed by atoms with Gasteiger partial charge < -0.3 is 9.72 Å². The summed E-state index contributed by atoms with van der Waals surface area (Å²) < 4.78 is 5.19. The van der Waals surface area contributed by atoms with E-state index in [-0.39, 0.29) is 24.1 Å². The Bertz CT molecular complexity index is 990. The molecule has 0 aliphatic carbocycles. The zero-order valence-electron chi connectivity index (χ0n) is 15.8. The third-order valence-electron chi connectivity index (χ3n) is 4.68. The molecule has 0 saturated carbocycles. The molecule has 0 atom stereocenters. The topological polar surface area (TPSA) is 59.2 Å². The Balaban J connectivity index is 1.57. The minimum Gasteiger partial charge on any atom is -0.457 e. The summed E-state index contributed by atoms with van der Waals surface area (Å²) in [5.74, 6) is -0.399. The molecule has 0 aliphatic rings. The van der Waals surface area contributed by atoms with Crippen molar-refractivity contribution in [1.82, 2.24) is 4.98 Å². The summed E-state index contributed by atoms with van der Waals surface area (Å²) >= 11 is 1.42. The highest BCUT2D eigenvalue weighted by Gasteiger charge is 2.15. The Kier molecular flexibility index (Phi) is 6.01. The number of thioether (sulfide) groups is 1. The van der Waals surface area contributed by atoms with E-state index in [1.54, 1.807) is 6.20 Å². The van der Waals surface area contributed by atoms with E-state index in [9.17, 15) is 9.59 Å². The van der Waals surface area contributed by atoms with Crippen molar-refractivity contribution in [3.05, 3.63) is 64.8 Å². The van der Waals surface area contributed by atoms with Gasteiger partial charge in [0.15, 0.2) is 6.61 Å². The number of esters is 1. The summed E-state index contributed by atoms with van der Waals surface area (Å²) in [5.41, 5.74) is 5.11. The number of benzene rings is 2. The van der Waals surface area contributed by atoms with E-state index >= 15 is 0 Å². The van der Waals surface area contributed by atoms with E-state index < -0.39 is 0 Å². The van der Waals surface area contributed by atoms with Crippen molar-refractivity contribution in [2.45, 2.75) is 32.1 Å². The molecule has 27 heavy (non-hydrogen) atoms. The molecule has 5 heteroatoms. The van der Waals surface area contributed by atoms with E-state index in [0.717, 1.165) is 27.8 Å². The van der Waals surface area contributed by atoms with Crippen molar-refractivity contribution >= 4 is 34.4 Å². The number of para-hydroxylation sites is 1. The van der Waals surface area contributed by atoms with E-state index in [4.69, 9.17) is 4.74 Å². The predicted octanol–water partition coefficient (Wildman–Crippen LogP) is 4.87. The van der Waals surface area contributed by atoms with Crippen LogP contribution in [0.5, 0.6) is 0 Å². The number of carbonyl (C=O) groups excluding carboxylic acids is 2. The fraction of sp³-hybridized carbons (Fsp3) is 0.273. The molecule has 1 N–H and O–H groups in total. The first-order valence-electron chi connectivity index (χ1n) is 8.97. The number of ether oxygens (including phenoxy) is 1. The number of hydrogen-bond donors (Lipinski definition) is 1. The average Bonchev–Trinajstić information content (AvgIpc) is 3.11. The lowest BCUT2D eigenvalue weighted by molar-refractivity contribution is -0.139. The number of aromatic nitrogens is 1. The van der Waals surface area contributed by atoms with Gasteiger partial charge in [-0.3, -0.25) is 9.59 Å². The van der Waals surface area contributed by atoms with E-state index in [1.807, 2.05) is 37.3 Å². The number of H-pyrrole nitrogens is 1. The quantitative estimate of drug-likeness (QED) is 0.360. The molecule has 2 aromatic carbocycles.